The second-order valence-corrected chi connectivity index (χ2v) is 3.72. The first-order chi connectivity index (χ1) is 7.22. The Hall–Kier alpha value is -0.860. The highest BCUT2D eigenvalue weighted by atomic mass is 16.5. The van der Waals surface area contributed by atoms with E-state index < -0.39 is 6.10 Å². The van der Waals surface area contributed by atoms with Gasteiger partial charge in [-0.1, -0.05) is 38.1 Å². The number of aliphatic hydroxyl groups is 1. The Morgan fingerprint density at radius 3 is 2.20 bits per heavy atom. The molecule has 1 aromatic rings. The van der Waals surface area contributed by atoms with Crippen molar-refractivity contribution in [3.8, 4) is 0 Å². The SMILES string of the molecule is CCc1ccc(C(O)C(CC)OC)cc1. The van der Waals surface area contributed by atoms with Gasteiger partial charge in [-0.3, -0.25) is 0 Å². The highest BCUT2D eigenvalue weighted by molar-refractivity contribution is 5.24. The van der Waals surface area contributed by atoms with Crippen molar-refractivity contribution in [1.82, 2.24) is 0 Å². The second-order valence-electron chi connectivity index (χ2n) is 3.72. The van der Waals surface area contributed by atoms with Crippen LogP contribution in [0.2, 0.25) is 0 Å². The molecule has 0 heterocycles. The lowest BCUT2D eigenvalue weighted by Crippen LogP contribution is -2.19. The number of hydrogen-bond donors (Lipinski definition) is 1. The molecule has 2 heteroatoms. The van der Waals surface area contributed by atoms with E-state index in [1.165, 1.54) is 5.56 Å². The fourth-order valence-corrected chi connectivity index (χ4v) is 1.68. The highest BCUT2D eigenvalue weighted by Crippen LogP contribution is 2.21. The lowest BCUT2D eigenvalue weighted by molar-refractivity contribution is -0.0148. The van der Waals surface area contributed by atoms with Gasteiger partial charge in [-0.2, -0.15) is 0 Å². The number of methoxy groups -OCH3 is 1. The average molecular weight is 208 g/mol. The van der Waals surface area contributed by atoms with Gasteiger partial charge in [-0.25, -0.2) is 0 Å². The molecule has 0 radical (unpaired) electrons. The Morgan fingerprint density at radius 1 is 1.20 bits per heavy atom. The molecule has 0 bridgehead atoms. The summed E-state index contributed by atoms with van der Waals surface area (Å²) in [4.78, 5) is 0. The molecule has 2 atom stereocenters. The normalized spacial score (nSPS) is 14.9. The van der Waals surface area contributed by atoms with Crippen LogP contribution in [0.5, 0.6) is 0 Å². The Bertz CT molecular complexity index is 275. The third kappa shape index (κ3) is 3.05. The maximum absolute atomic E-state index is 10.0. The number of rotatable bonds is 5. The van der Waals surface area contributed by atoms with Crippen LogP contribution in [0.25, 0.3) is 0 Å². The van der Waals surface area contributed by atoms with Crippen LogP contribution >= 0.6 is 0 Å². The zero-order valence-corrected chi connectivity index (χ0v) is 9.73. The third-order valence-electron chi connectivity index (χ3n) is 2.79. The van der Waals surface area contributed by atoms with Crippen molar-refractivity contribution >= 4 is 0 Å². The van der Waals surface area contributed by atoms with Crippen molar-refractivity contribution in [2.24, 2.45) is 0 Å². The molecule has 0 spiro atoms. The Kier molecular flexibility index (Phi) is 4.79. The highest BCUT2D eigenvalue weighted by Gasteiger charge is 2.18. The van der Waals surface area contributed by atoms with Crippen LogP contribution in [0.4, 0.5) is 0 Å². The average Bonchev–Trinajstić information content (AvgIpc) is 2.30. The number of ether oxygens (including phenoxy) is 1. The van der Waals surface area contributed by atoms with Crippen molar-refractivity contribution in [2.45, 2.75) is 38.9 Å². The quantitative estimate of drug-likeness (QED) is 0.806. The summed E-state index contributed by atoms with van der Waals surface area (Å²) in [5.41, 5.74) is 2.22. The molecule has 1 rings (SSSR count). The van der Waals surface area contributed by atoms with Gasteiger partial charge in [0.05, 0.1) is 6.10 Å². The fourth-order valence-electron chi connectivity index (χ4n) is 1.68. The van der Waals surface area contributed by atoms with Gasteiger partial charge in [0.1, 0.15) is 6.10 Å². The molecule has 15 heavy (non-hydrogen) atoms. The number of hydrogen-bond acceptors (Lipinski definition) is 2. The molecule has 0 saturated heterocycles. The van der Waals surface area contributed by atoms with E-state index in [4.69, 9.17) is 4.74 Å². The van der Waals surface area contributed by atoms with E-state index >= 15 is 0 Å². The molecule has 0 aromatic heterocycles. The van der Waals surface area contributed by atoms with E-state index in [1.807, 2.05) is 19.1 Å². The van der Waals surface area contributed by atoms with Crippen molar-refractivity contribution in [3.63, 3.8) is 0 Å². The van der Waals surface area contributed by atoms with Gasteiger partial charge in [0.25, 0.3) is 0 Å². The van der Waals surface area contributed by atoms with Crippen LogP contribution in [0, 0.1) is 0 Å². The van der Waals surface area contributed by atoms with Crippen LogP contribution in [-0.4, -0.2) is 18.3 Å². The molecule has 1 aromatic carbocycles. The molecule has 2 unspecified atom stereocenters. The monoisotopic (exact) mass is 208 g/mol. The molecular weight excluding hydrogens is 188 g/mol. The van der Waals surface area contributed by atoms with E-state index in [-0.39, 0.29) is 6.10 Å². The summed E-state index contributed by atoms with van der Waals surface area (Å²) in [5.74, 6) is 0. The minimum absolute atomic E-state index is 0.113. The smallest absolute Gasteiger partial charge is 0.105 e. The first kappa shape index (κ1) is 12.2. The zero-order chi connectivity index (χ0) is 11.3. The first-order valence-electron chi connectivity index (χ1n) is 5.52. The summed E-state index contributed by atoms with van der Waals surface area (Å²) in [6.07, 6.45) is 1.20. The molecule has 0 fully saturated rings. The molecule has 0 aliphatic heterocycles. The van der Waals surface area contributed by atoms with Crippen molar-refractivity contribution in [2.75, 3.05) is 7.11 Å². The third-order valence-corrected chi connectivity index (χ3v) is 2.79. The molecule has 2 nitrogen and oxygen atoms in total. The molecule has 0 aliphatic carbocycles. The Morgan fingerprint density at radius 2 is 1.80 bits per heavy atom. The predicted octanol–water partition coefficient (Wildman–Crippen LogP) is 2.71. The Labute approximate surface area is 91.9 Å². The molecule has 84 valence electrons. The summed E-state index contributed by atoms with van der Waals surface area (Å²) in [6, 6.07) is 8.07. The summed E-state index contributed by atoms with van der Waals surface area (Å²) in [5, 5.41) is 10.0. The van der Waals surface area contributed by atoms with Gasteiger partial charge in [0, 0.05) is 7.11 Å². The summed E-state index contributed by atoms with van der Waals surface area (Å²) in [6.45, 7) is 4.13. The van der Waals surface area contributed by atoms with E-state index in [9.17, 15) is 5.11 Å². The number of aryl methyl sites for hydroxylation is 1. The maximum Gasteiger partial charge on any atom is 0.105 e. The van der Waals surface area contributed by atoms with Gasteiger partial charge >= 0.3 is 0 Å². The summed E-state index contributed by atoms with van der Waals surface area (Å²) in [7, 11) is 1.64. The van der Waals surface area contributed by atoms with E-state index in [0.29, 0.717) is 0 Å². The van der Waals surface area contributed by atoms with Gasteiger partial charge in [-0.05, 0) is 24.0 Å². The van der Waals surface area contributed by atoms with Crippen molar-refractivity contribution in [3.05, 3.63) is 35.4 Å². The summed E-state index contributed by atoms with van der Waals surface area (Å²) < 4.78 is 5.22. The van der Waals surface area contributed by atoms with Gasteiger partial charge in [-0.15, -0.1) is 0 Å². The largest absolute Gasteiger partial charge is 0.386 e. The zero-order valence-electron chi connectivity index (χ0n) is 9.73. The first-order valence-corrected chi connectivity index (χ1v) is 5.52. The van der Waals surface area contributed by atoms with E-state index in [0.717, 1.165) is 18.4 Å². The topological polar surface area (TPSA) is 29.5 Å². The predicted molar refractivity (Wildman–Crippen MR) is 61.9 cm³/mol. The maximum atomic E-state index is 10.0. The van der Waals surface area contributed by atoms with Crippen LogP contribution < -0.4 is 0 Å². The van der Waals surface area contributed by atoms with Crippen LogP contribution in [0.15, 0.2) is 24.3 Å². The minimum Gasteiger partial charge on any atom is -0.386 e. The fraction of sp³-hybridized carbons (Fsp3) is 0.538. The van der Waals surface area contributed by atoms with E-state index in [1.54, 1.807) is 7.11 Å². The minimum atomic E-state index is -0.522. The van der Waals surface area contributed by atoms with Crippen molar-refractivity contribution < 1.29 is 9.84 Å². The van der Waals surface area contributed by atoms with Gasteiger partial charge < -0.3 is 9.84 Å². The van der Waals surface area contributed by atoms with Crippen LogP contribution in [-0.2, 0) is 11.2 Å². The molecular formula is C13H20O2. The van der Waals surface area contributed by atoms with Gasteiger partial charge in [0.2, 0.25) is 0 Å². The second kappa shape index (κ2) is 5.89. The van der Waals surface area contributed by atoms with Crippen molar-refractivity contribution in [1.29, 1.82) is 0 Å². The molecule has 0 aliphatic rings. The number of aliphatic hydroxyl groups excluding tert-OH is 1. The molecule has 0 saturated carbocycles. The van der Waals surface area contributed by atoms with Gasteiger partial charge in [0.15, 0.2) is 0 Å². The molecule has 0 amide bonds. The Balaban J connectivity index is 2.76. The van der Waals surface area contributed by atoms with Crippen LogP contribution in [0.3, 0.4) is 0 Å². The molecule has 1 N–H and O–H groups in total. The lowest BCUT2D eigenvalue weighted by Gasteiger charge is -2.20. The number of benzene rings is 1. The standard InChI is InChI=1S/C13H20O2/c1-4-10-6-8-11(9-7-10)13(14)12(5-2)15-3/h6-9,12-14H,4-5H2,1-3H3. The van der Waals surface area contributed by atoms with E-state index in [2.05, 4.69) is 19.1 Å². The summed E-state index contributed by atoms with van der Waals surface area (Å²) >= 11 is 0. The van der Waals surface area contributed by atoms with Crippen LogP contribution in [0.1, 0.15) is 37.5 Å². The lowest BCUT2D eigenvalue weighted by atomic mass is 10.0.